The zero-order valence-electron chi connectivity index (χ0n) is 7.05. The van der Waals surface area contributed by atoms with Crippen molar-refractivity contribution in [2.24, 2.45) is 5.92 Å². The molecule has 0 spiro atoms. The van der Waals surface area contributed by atoms with E-state index in [1.165, 1.54) is 19.3 Å². The lowest BCUT2D eigenvalue weighted by Crippen LogP contribution is -2.38. The van der Waals surface area contributed by atoms with Gasteiger partial charge in [-0.2, -0.15) is 11.8 Å². The fourth-order valence-corrected chi connectivity index (χ4v) is 3.08. The molecule has 2 fully saturated rings. The van der Waals surface area contributed by atoms with E-state index in [0.717, 1.165) is 17.4 Å². The first-order valence-corrected chi connectivity index (χ1v) is 5.59. The lowest BCUT2D eigenvalue weighted by atomic mass is 9.93. The summed E-state index contributed by atoms with van der Waals surface area (Å²) < 4.78 is 0. The third-order valence-corrected chi connectivity index (χ3v) is 4.41. The maximum Gasteiger partial charge on any atom is 0.0766 e. The van der Waals surface area contributed by atoms with Gasteiger partial charge in [0, 0.05) is 11.0 Å². The van der Waals surface area contributed by atoms with Gasteiger partial charge < -0.3 is 5.11 Å². The molecule has 1 saturated heterocycles. The van der Waals surface area contributed by atoms with Gasteiger partial charge in [-0.1, -0.05) is 6.92 Å². The summed E-state index contributed by atoms with van der Waals surface area (Å²) >= 11 is 1.94. The zero-order chi connectivity index (χ0) is 7.90. The molecule has 1 saturated carbocycles. The highest BCUT2D eigenvalue weighted by Crippen LogP contribution is 2.47. The molecule has 2 heteroatoms. The van der Waals surface area contributed by atoms with Gasteiger partial charge in [0.2, 0.25) is 0 Å². The average molecular weight is 172 g/mol. The van der Waals surface area contributed by atoms with Gasteiger partial charge in [-0.05, 0) is 31.6 Å². The van der Waals surface area contributed by atoms with Crippen LogP contribution in [-0.4, -0.2) is 21.7 Å². The van der Waals surface area contributed by atoms with Crippen LogP contribution >= 0.6 is 11.8 Å². The first kappa shape index (κ1) is 7.93. The number of hydrogen-bond donors (Lipinski definition) is 1. The van der Waals surface area contributed by atoms with E-state index in [0.29, 0.717) is 5.92 Å². The molecule has 2 rings (SSSR count). The van der Waals surface area contributed by atoms with Crippen molar-refractivity contribution < 1.29 is 5.11 Å². The third-order valence-electron chi connectivity index (χ3n) is 2.94. The third kappa shape index (κ3) is 1.57. The van der Waals surface area contributed by atoms with Crippen molar-refractivity contribution in [2.75, 3.05) is 5.75 Å². The summed E-state index contributed by atoms with van der Waals surface area (Å²) in [6.07, 6.45) is 4.79. The highest BCUT2D eigenvalue weighted by atomic mass is 32.2. The van der Waals surface area contributed by atoms with Crippen LogP contribution in [0.3, 0.4) is 0 Å². The molecule has 1 aliphatic heterocycles. The summed E-state index contributed by atoms with van der Waals surface area (Å²) in [5.41, 5.74) is -0.267. The molecule has 0 radical (unpaired) electrons. The maximum absolute atomic E-state index is 10.1. The molecule has 1 nitrogen and oxygen atoms in total. The van der Waals surface area contributed by atoms with Gasteiger partial charge in [0.15, 0.2) is 0 Å². The minimum absolute atomic E-state index is 0.267. The largest absolute Gasteiger partial charge is 0.389 e. The van der Waals surface area contributed by atoms with Crippen LogP contribution in [0.15, 0.2) is 0 Å². The van der Waals surface area contributed by atoms with Gasteiger partial charge in [-0.15, -0.1) is 0 Å². The van der Waals surface area contributed by atoms with Gasteiger partial charge >= 0.3 is 0 Å². The fraction of sp³-hybridized carbons (Fsp3) is 1.00. The van der Waals surface area contributed by atoms with Crippen LogP contribution in [-0.2, 0) is 0 Å². The number of rotatable bonds is 1. The van der Waals surface area contributed by atoms with E-state index >= 15 is 0 Å². The summed E-state index contributed by atoms with van der Waals surface area (Å²) in [4.78, 5) is 0. The maximum atomic E-state index is 10.1. The first-order chi connectivity index (χ1) is 5.21. The SMILES string of the molecule is CC1CCC(O)(C2CC2)CS1. The van der Waals surface area contributed by atoms with Gasteiger partial charge in [0.25, 0.3) is 0 Å². The second kappa shape index (κ2) is 2.67. The van der Waals surface area contributed by atoms with E-state index in [1.807, 2.05) is 11.8 Å². The second-order valence-corrected chi connectivity index (χ2v) is 5.46. The molecule has 0 aromatic rings. The summed E-state index contributed by atoms with van der Waals surface area (Å²) in [7, 11) is 0. The van der Waals surface area contributed by atoms with Crippen LogP contribution in [0.1, 0.15) is 32.6 Å². The number of hydrogen-bond acceptors (Lipinski definition) is 2. The van der Waals surface area contributed by atoms with E-state index in [1.54, 1.807) is 0 Å². The van der Waals surface area contributed by atoms with Crippen molar-refractivity contribution in [2.45, 2.75) is 43.5 Å². The molecular weight excluding hydrogens is 156 g/mol. The fourth-order valence-electron chi connectivity index (χ4n) is 1.84. The second-order valence-electron chi connectivity index (χ2n) is 4.04. The first-order valence-electron chi connectivity index (χ1n) is 4.55. The molecule has 11 heavy (non-hydrogen) atoms. The van der Waals surface area contributed by atoms with E-state index in [4.69, 9.17) is 0 Å². The molecule has 1 aliphatic carbocycles. The molecule has 2 atom stereocenters. The van der Waals surface area contributed by atoms with E-state index in [9.17, 15) is 5.11 Å². The summed E-state index contributed by atoms with van der Waals surface area (Å²) in [6, 6.07) is 0. The van der Waals surface area contributed by atoms with Crippen molar-refractivity contribution >= 4 is 11.8 Å². The van der Waals surface area contributed by atoms with Crippen molar-refractivity contribution in [3.05, 3.63) is 0 Å². The minimum Gasteiger partial charge on any atom is -0.389 e. The van der Waals surface area contributed by atoms with E-state index in [-0.39, 0.29) is 5.60 Å². The van der Waals surface area contributed by atoms with E-state index < -0.39 is 0 Å². The number of thioether (sulfide) groups is 1. The molecule has 0 aromatic heterocycles. The molecule has 2 aliphatic rings. The monoisotopic (exact) mass is 172 g/mol. The Balaban J connectivity index is 1.93. The average Bonchev–Trinajstić information content (AvgIpc) is 2.77. The molecule has 0 aromatic carbocycles. The van der Waals surface area contributed by atoms with Crippen molar-refractivity contribution in [3.63, 3.8) is 0 Å². The van der Waals surface area contributed by atoms with Crippen LogP contribution in [0.2, 0.25) is 0 Å². The molecule has 1 N–H and O–H groups in total. The smallest absolute Gasteiger partial charge is 0.0766 e. The summed E-state index contributed by atoms with van der Waals surface area (Å²) in [5.74, 6) is 1.64. The molecular formula is C9H16OS. The van der Waals surface area contributed by atoms with E-state index in [2.05, 4.69) is 6.92 Å². The lowest BCUT2D eigenvalue weighted by molar-refractivity contribution is 0.0277. The molecule has 0 bridgehead atoms. The summed E-state index contributed by atoms with van der Waals surface area (Å²) in [6.45, 7) is 2.26. The minimum atomic E-state index is -0.267. The molecule has 0 amide bonds. The molecule has 1 heterocycles. The van der Waals surface area contributed by atoms with Crippen molar-refractivity contribution in [1.82, 2.24) is 0 Å². The Labute approximate surface area is 72.6 Å². The Morgan fingerprint density at radius 3 is 2.55 bits per heavy atom. The van der Waals surface area contributed by atoms with Crippen LogP contribution in [0.5, 0.6) is 0 Å². The van der Waals surface area contributed by atoms with Gasteiger partial charge in [0.05, 0.1) is 5.60 Å². The quantitative estimate of drug-likeness (QED) is 0.653. The Bertz CT molecular complexity index is 146. The normalized spacial score (nSPS) is 45.8. The topological polar surface area (TPSA) is 20.2 Å². The predicted octanol–water partition coefficient (Wildman–Crippen LogP) is 2.04. The Hall–Kier alpha value is 0.310. The molecule has 64 valence electrons. The number of aliphatic hydroxyl groups is 1. The van der Waals surface area contributed by atoms with Gasteiger partial charge in [0.1, 0.15) is 0 Å². The van der Waals surface area contributed by atoms with Crippen molar-refractivity contribution in [1.29, 1.82) is 0 Å². The van der Waals surface area contributed by atoms with Crippen LogP contribution in [0.25, 0.3) is 0 Å². The predicted molar refractivity (Wildman–Crippen MR) is 48.8 cm³/mol. The standard InChI is InChI=1S/C9H16OS/c1-7-4-5-9(10,6-11-7)8-2-3-8/h7-8,10H,2-6H2,1H3. The van der Waals surface area contributed by atoms with Gasteiger partial charge in [-0.25, -0.2) is 0 Å². The lowest BCUT2D eigenvalue weighted by Gasteiger charge is -2.34. The van der Waals surface area contributed by atoms with Crippen LogP contribution in [0, 0.1) is 5.92 Å². The Kier molecular flexibility index (Phi) is 1.92. The van der Waals surface area contributed by atoms with Gasteiger partial charge in [-0.3, -0.25) is 0 Å². The van der Waals surface area contributed by atoms with Crippen LogP contribution in [0.4, 0.5) is 0 Å². The molecule has 2 unspecified atom stereocenters. The van der Waals surface area contributed by atoms with Crippen LogP contribution < -0.4 is 0 Å². The highest BCUT2D eigenvalue weighted by Gasteiger charge is 2.45. The zero-order valence-corrected chi connectivity index (χ0v) is 7.86. The Morgan fingerprint density at radius 1 is 1.36 bits per heavy atom. The highest BCUT2D eigenvalue weighted by molar-refractivity contribution is 8.00. The summed E-state index contributed by atoms with van der Waals surface area (Å²) in [5, 5.41) is 10.9. The van der Waals surface area contributed by atoms with Crippen molar-refractivity contribution in [3.8, 4) is 0 Å². The Morgan fingerprint density at radius 2 is 2.09 bits per heavy atom.